The molecular weight excluding hydrogens is 304 g/mol. The van der Waals surface area contributed by atoms with E-state index in [-0.39, 0.29) is 30.4 Å². The Morgan fingerprint density at radius 2 is 1.58 bits per heavy atom. The number of esters is 2. The lowest BCUT2D eigenvalue weighted by Gasteiger charge is -2.22. The Morgan fingerprint density at radius 3 is 2.21 bits per heavy atom. The van der Waals surface area contributed by atoms with Crippen molar-refractivity contribution in [2.45, 2.75) is 58.5 Å². The van der Waals surface area contributed by atoms with Crippen LogP contribution in [0.5, 0.6) is 0 Å². The average molecular weight is 332 g/mol. The standard InChI is InChI=1S/C20H28O4/c1-2-3-14-23-19(21)17-12-8-5-9-13-18(17)20(22)24-15-16-10-6-4-7-11-16/h4,6-7,10-11,17-18H,2-3,5,8-9,12-15H2,1H3. The van der Waals surface area contributed by atoms with Crippen LogP contribution in [0.3, 0.4) is 0 Å². The van der Waals surface area contributed by atoms with Crippen molar-refractivity contribution >= 4 is 11.9 Å². The number of benzene rings is 1. The van der Waals surface area contributed by atoms with Crippen LogP contribution in [-0.4, -0.2) is 18.5 Å². The van der Waals surface area contributed by atoms with E-state index < -0.39 is 0 Å². The molecule has 0 N–H and O–H groups in total. The fourth-order valence-electron chi connectivity index (χ4n) is 3.13. The molecule has 0 radical (unpaired) electrons. The molecule has 0 spiro atoms. The van der Waals surface area contributed by atoms with Crippen LogP contribution in [0.1, 0.15) is 57.4 Å². The smallest absolute Gasteiger partial charge is 0.310 e. The van der Waals surface area contributed by atoms with E-state index in [4.69, 9.17) is 9.47 Å². The highest BCUT2D eigenvalue weighted by Gasteiger charge is 2.36. The van der Waals surface area contributed by atoms with Crippen LogP contribution < -0.4 is 0 Å². The van der Waals surface area contributed by atoms with Gasteiger partial charge in [-0.3, -0.25) is 9.59 Å². The van der Waals surface area contributed by atoms with Gasteiger partial charge in [-0.1, -0.05) is 62.9 Å². The number of carbonyl (C=O) groups excluding carboxylic acids is 2. The van der Waals surface area contributed by atoms with Gasteiger partial charge < -0.3 is 9.47 Å². The van der Waals surface area contributed by atoms with Crippen molar-refractivity contribution in [3.63, 3.8) is 0 Å². The summed E-state index contributed by atoms with van der Waals surface area (Å²) >= 11 is 0. The highest BCUT2D eigenvalue weighted by atomic mass is 16.5. The van der Waals surface area contributed by atoms with E-state index in [1.165, 1.54) is 0 Å². The monoisotopic (exact) mass is 332 g/mol. The molecule has 1 aromatic rings. The van der Waals surface area contributed by atoms with Crippen LogP contribution in [0, 0.1) is 11.8 Å². The lowest BCUT2D eigenvalue weighted by molar-refractivity contribution is -0.162. The Bertz CT molecular complexity index is 512. The van der Waals surface area contributed by atoms with Crippen LogP contribution in [0.15, 0.2) is 30.3 Å². The molecule has 0 bridgehead atoms. The molecule has 2 rings (SSSR count). The maximum atomic E-state index is 12.5. The summed E-state index contributed by atoms with van der Waals surface area (Å²) in [6, 6.07) is 9.62. The Labute approximate surface area is 144 Å². The van der Waals surface area contributed by atoms with Crippen molar-refractivity contribution in [1.82, 2.24) is 0 Å². The zero-order valence-corrected chi connectivity index (χ0v) is 14.5. The third kappa shape index (κ3) is 5.66. The summed E-state index contributed by atoms with van der Waals surface area (Å²) in [5, 5.41) is 0. The lowest BCUT2D eigenvalue weighted by Crippen LogP contribution is -2.32. The Hall–Kier alpha value is -1.84. The first-order valence-corrected chi connectivity index (χ1v) is 9.09. The van der Waals surface area contributed by atoms with Gasteiger partial charge in [-0.2, -0.15) is 0 Å². The highest BCUT2D eigenvalue weighted by Crippen LogP contribution is 2.31. The summed E-state index contributed by atoms with van der Waals surface area (Å²) in [6.45, 7) is 2.76. The van der Waals surface area contributed by atoms with Gasteiger partial charge in [-0.25, -0.2) is 0 Å². The minimum Gasteiger partial charge on any atom is -0.465 e. The molecule has 0 amide bonds. The molecule has 2 unspecified atom stereocenters. The number of carbonyl (C=O) groups is 2. The van der Waals surface area contributed by atoms with Crippen molar-refractivity contribution in [2.75, 3.05) is 6.61 Å². The van der Waals surface area contributed by atoms with Crippen molar-refractivity contribution in [3.05, 3.63) is 35.9 Å². The summed E-state index contributed by atoms with van der Waals surface area (Å²) in [4.78, 5) is 24.9. The minimum absolute atomic E-state index is 0.230. The fourth-order valence-corrected chi connectivity index (χ4v) is 3.13. The van der Waals surface area contributed by atoms with Gasteiger partial charge in [0.2, 0.25) is 0 Å². The van der Waals surface area contributed by atoms with Crippen molar-refractivity contribution in [3.8, 4) is 0 Å². The number of hydrogen-bond donors (Lipinski definition) is 0. The predicted octanol–water partition coefficient (Wildman–Crippen LogP) is 4.27. The SMILES string of the molecule is CCCCOC(=O)C1CCCCCC1C(=O)OCc1ccccc1. The van der Waals surface area contributed by atoms with Crippen LogP contribution in [0.4, 0.5) is 0 Å². The van der Waals surface area contributed by atoms with E-state index in [1.54, 1.807) is 0 Å². The molecule has 132 valence electrons. The maximum Gasteiger partial charge on any atom is 0.310 e. The summed E-state index contributed by atoms with van der Waals surface area (Å²) < 4.78 is 10.9. The summed E-state index contributed by atoms with van der Waals surface area (Å²) in [7, 11) is 0. The van der Waals surface area contributed by atoms with E-state index in [0.29, 0.717) is 13.0 Å². The molecule has 1 fully saturated rings. The molecule has 1 aromatic carbocycles. The van der Waals surface area contributed by atoms with E-state index >= 15 is 0 Å². The molecule has 24 heavy (non-hydrogen) atoms. The molecule has 0 aliphatic heterocycles. The molecular formula is C20H28O4. The summed E-state index contributed by atoms with van der Waals surface area (Å²) in [5.74, 6) is -1.22. The maximum absolute atomic E-state index is 12.5. The summed E-state index contributed by atoms with van der Waals surface area (Å²) in [6.07, 6.45) is 6.26. The molecule has 2 atom stereocenters. The van der Waals surface area contributed by atoms with Gasteiger partial charge in [0.15, 0.2) is 0 Å². The van der Waals surface area contributed by atoms with Crippen molar-refractivity contribution in [2.24, 2.45) is 11.8 Å². The van der Waals surface area contributed by atoms with E-state index in [2.05, 4.69) is 6.92 Å². The van der Waals surface area contributed by atoms with Gasteiger partial charge in [0.1, 0.15) is 6.61 Å². The summed E-state index contributed by atoms with van der Waals surface area (Å²) in [5.41, 5.74) is 0.960. The molecule has 0 saturated heterocycles. The van der Waals surface area contributed by atoms with E-state index in [1.807, 2.05) is 30.3 Å². The Morgan fingerprint density at radius 1 is 0.958 bits per heavy atom. The molecule has 1 aliphatic rings. The molecule has 4 heteroatoms. The average Bonchev–Trinajstić information content (AvgIpc) is 2.87. The third-order valence-electron chi connectivity index (χ3n) is 4.59. The van der Waals surface area contributed by atoms with Gasteiger partial charge >= 0.3 is 11.9 Å². The van der Waals surface area contributed by atoms with Gasteiger partial charge in [0.05, 0.1) is 18.4 Å². The molecule has 1 saturated carbocycles. The molecule has 0 aromatic heterocycles. The second-order valence-corrected chi connectivity index (χ2v) is 6.47. The first kappa shape index (κ1) is 18.5. The number of rotatable bonds is 7. The third-order valence-corrected chi connectivity index (χ3v) is 4.59. The Balaban J connectivity index is 1.94. The highest BCUT2D eigenvalue weighted by molar-refractivity contribution is 5.82. The number of unbranched alkanes of at least 4 members (excludes halogenated alkanes) is 1. The first-order valence-electron chi connectivity index (χ1n) is 9.09. The fraction of sp³-hybridized carbons (Fsp3) is 0.600. The molecule has 0 heterocycles. The quantitative estimate of drug-likeness (QED) is 0.425. The van der Waals surface area contributed by atoms with Crippen molar-refractivity contribution < 1.29 is 19.1 Å². The lowest BCUT2D eigenvalue weighted by atomic mass is 9.88. The zero-order valence-electron chi connectivity index (χ0n) is 14.5. The normalized spacial score (nSPS) is 20.9. The van der Waals surface area contributed by atoms with E-state index in [0.717, 1.165) is 44.1 Å². The molecule has 1 aliphatic carbocycles. The van der Waals surface area contributed by atoms with Gasteiger partial charge in [0, 0.05) is 0 Å². The second-order valence-electron chi connectivity index (χ2n) is 6.47. The largest absolute Gasteiger partial charge is 0.465 e. The zero-order chi connectivity index (χ0) is 17.2. The number of hydrogen-bond acceptors (Lipinski definition) is 4. The van der Waals surface area contributed by atoms with Crippen LogP contribution >= 0.6 is 0 Å². The topological polar surface area (TPSA) is 52.6 Å². The van der Waals surface area contributed by atoms with Crippen LogP contribution in [0.25, 0.3) is 0 Å². The van der Waals surface area contributed by atoms with Crippen LogP contribution in [0.2, 0.25) is 0 Å². The van der Waals surface area contributed by atoms with Crippen LogP contribution in [-0.2, 0) is 25.7 Å². The predicted molar refractivity (Wildman–Crippen MR) is 92.2 cm³/mol. The van der Waals surface area contributed by atoms with Gasteiger partial charge in [-0.05, 0) is 24.8 Å². The minimum atomic E-state index is -0.370. The first-order chi connectivity index (χ1) is 11.7. The van der Waals surface area contributed by atoms with Crippen molar-refractivity contribution in [1.29, 1.82) is 0 Å². The van der Waals surface area contributed by atoms with Gasteiger partial charge in [0.25, 0.3) is 0 Å². The number of ether oxygens (including phenoxy) is 2. The molecule has 4 nitrogen and oxygen atoms in total. The van der Waals surface area contributed by atoms with E-state index in [9.17, 15) is 9.59 Å². The van der Waals surface area contributed by atoms with Gasteiger partial charge in [-0.15, -0.1) is 0 Å². The second kappa shape index (κ2) is 10.1. The Kier molecular flexibility index (Phi) is 7.80.